The molecule has 3 rings (SSSR count). The fraction of sp³-hybridized carbons (Fsp3) is 0.304. The van der Waals surface area contributed by atoms with Crippen molar-refractivity contribution in [2.75, 3.05) is 13.1 Å². The number of benzene rings is 2. The highest BCUT2D eigenvalue weighted by Gasteiger charge is 2.15. The minimum absolute atomic E-state index is 0.0902. The summed E-state index contributed by atoms with van der Waals surface area (Å²) in [5.41, 5.74) is 8.95. The van der Waals surface area contributed by atoms with E-state index in [0.717, 1.165) is 23.3 Å². The fourth-order valence-corrected chi connectivity index (χ4v) is 3.03. The van der Waals surface area contributed by atoms with Gasteiger partial charge in [-0.15, -0.1) is 0 Å². The number of aryl methyl sites for hydroxylation is 2. The fourth-order valence-electron chi connectivity index (χ4n) is 3.03. The van der Waals surface area contributed by atoms with Crippen molar-refractivity contribution in [3.63, 3.8) is 0 Å². The van der Waals surface area contributed by atoms with E-state index in [1.807, 2.05) is 66.4 Å². The number of nitrogens with two attached hydrogens (primary N) is 1. The van der Waals surface area contributed by atoms with E-state index in [-0.39, 0.29) is 5.91 Å². The second-order valence-corrected chi connectivity index (χ2v) is 6.93. The molecule has 3 aromatic rings. The molecule has 0 spiro atoms. The van der Waals surface area contributed by atoms with Gasteiger partial charge in [-0.25, -0.2) is 4.98 Å². The van der Waals surface area contributed by atoms with E-state index in [1.54, 1.807) is 6.20 Å². The quantitative estimate of drug-likeness (QED) is 0.613. The molecule has 0 atom stereocenters. The Kier molecular flexibility index (Phi) is 6.98. The molecule has 1 aromatic heterocycles. The Bertz CT molecular complexity index is 872. The molecule has 0 unspecified atom stereocenters. The molecule has 1 amide bonds. The molecule has 0 fully saturated rings. The number of aromatic nitrogens is 1. The van der Waals surface area contributed by atoms with Gasteiger partial charge in [-0.2, -0.15) is 0 Å². The molecule has 0 aliphatic heterocycles. The van der Waals surface area contributed by atoms with Crippen LogP contribution in [-0.4, -0.2) is 28.9 Å². The zero-order valence-electron chi connectivity index (χ0n) is 16.3. The minimum Gasteiger partial charge on any atom is -0.441 e. The highest BCUT2D eigenvalue weighted by Crippen LogP contribution is 2.21. The molecule has 2 N–H and O–H groups in total. The molecule has 5 heteroatoms. The Morgan fingerprint density at radius 3 is 2.57 bits per heavy atom. The van der Waals surface area contributed by atoms with Crippen molar-refractivity contribution in [2.24, 2.45) is 5.73 Å². The van der Waals surface area contributed by atoms with Crippen molar-refractivity contribution in [2.45, 2.75) is 32.7 Å². The number of amides is 1. The van der Waals surface area contributed by atoms with Crippen LogP contribution in [0.5, 0.6) is 0 Å². The van der Waals surface area contributed by atoms with Gasteiger partial charge in [0.05, 0.1) is 6.20 Å². The number of rotatable bonds is 9. The molecule has 5 nitrogen and oxygen atoms in total. The van der Waals surface area contributed by atoms with E-state index < -0.39 is 0 Å². The van der Waals surface area contributed by atoms with E-state index in [0.29, 0.717) is 38.4 Å². The van der Waals surface area contributed by atoms with Gasteiger partial charge in [0.2, 0.25) is 5.91 Å². The van der Waals surface area contributed by atoms with Crippen LogP contribution in [0.2, 0.25) is 0 Å². The monoisotopic (exact) mass is 377 g/mol. The maximum Gasteiger partial charge on any atom is 0.223 e. The van der Waals surface area contributed by atoms with E-state index >= 15 is 0 Å². The molecule has 0 aliphatic carbocycles. The predicted molar refractivity (Wildman–Crippen MR) is 111 cm³/mol. The first kappa shape index (κ1) is 19.8. The first-order valence-corrected chi connectivity index (χ1v) is 9.69. The number of carbonyl (C=O) groups excluding carboxylic acids is 1. The van der Waals surface area contributed by atoms with Gasteiger partial charge in [-0.1, -0.05) is 60.2 Å². The normalized spacial score (nSPS) is 10.8. The van der Waals surface area contributed by atoms with Crippen LogP contribution >= 0.6 is 0 Å². The predicted octanol–water partition coefficient (Wildman–Crippen LogP) is 3.96. The van der Waals surface area contributed by atoms with Crippen LogP contribution in [0.3, 0.4) is 0 Å². The summed E-state index contributed by atoms with van der Waals surface area (Å²) in [4.78, 5) is 19.0. The summed E-state index contributed by atoms with van der Waals surface area (Å²) >= 11 is 0. The minimum atomic E-state index is 0.0902. The zero-order valence-corrected chi connectivity index (χ0v) is 16.3. The molecule has 0 saturated heterocycles. The third-order valence-corrected chi connectivity index (χ3v) is 4.64. The van der Waals surface area contributed by atoms with Crippen molar-refractivity contribution in [3.8, 4) is 11.3 Å². The lowest BCUT2D eigenvalue weighted by atomic mass is 10.1. The molecule has 0 aliphatic rings. The topological polar surface area (TPSA) is 72.4 Å². The number of hydrogen-bond acceptors (Lipinski definition) is 4. The van der Waals surface area contributed by atoms with Crippen molar-refractivity contribution < 1.29 is 9.21 Å². The van der Waals surface area contributed by atoms with Crippen molar-refractivity contribution in [1.82, 2.24) is 9.88 Å². The van der Waals surface area contributed by atoms with Crippen LogP contribution < -0.4 is 5.73 Å². The van der Waals surface area contributed by atoms with E-state index in [2.05, 4.69) is 4.98 Å². The number of hydrogen-bond donors (Lipinski definition) is 1. The van der Waals surface area contributed by atoms with Crippen LogP contribution in [0, 0.1) is 6.92 Å². The van der Waals surface area contributed by atoms with E-state index in [9.17, 15) is 4.79 Å². The van der Waals surface area contributed by atoms with Gasteiger partial charge in [-0.3, -0.25) is 4.79 Å². The van der Waals surface area contributed by atoms with Crippen LogP contribution in [0.15, 0.2) is 65.2 Å². The SMILES string of the molecule is Cc1ccc(-c2cnc(CCC(=O)N(CCCN)Cc3ccccc3)o2)cc1. The maximum absolute atomic E-state index is 12.8. The third kappa shape index (κ3) is 5.54. The first-order valence-electron chi connectivity index (χ1n) is 9.69. The van der Waals surface area contributed by atoms with Gasteiger partial charge in [0.25, 0.3) is 0 Å². The van der Waals surface area contributed by atoms with Gasteiger partial charge in [0.15, 0.2) is 11.7 Å². The lowest BCUT2D eigenvalue weighted by Gasteiger charge is -2.22. The summed E-state index contributed by atoms with van der Waals surface area (Å²) in [6, 6.07) is 18.1. The number of carbonyl (C=O) groups is 1. The molecule has 146 valence electrons. The van der Waals surface area contributed by atoms with Crippen LogP contribution in [0.4, 0.5) is 0 Å². The lowest BCUT2D eigenvalue weighted by molar-refractivity contribution is -0.131. The average molecular weight is 377 g/mol. The Morgan fingerprint density at radius 1 is 1.11 bits per heavy atom. The molecule has 28 heavy (non-hydrogen) atoms. The molecule has 0 bridgehead atoms. The Morgan fingerprint density at radius 2 is 1.86 bits per heavy atom. The molecule has 1 heterocycles. The average Bonchev–Trinajstić information content (AvgIpc) is 3.19. The first-order chi connectivity index (χ1) is 13.7. The van der Waals surface area contributed by atoms with Crippen molar-refractivity contribution >= 4 is 5.91 Å². The highest BCUT2D eigenvalue weighted by molar-refractivity contribution is 5.76. The second-order valence-electron chi connectivity index (χ2n) is 6.93. The van der Waals surface area contributed by atoms with Crippen molar-refractivity contribution in [1.29, 1.82) is 0 Å². The van der Waals surface area contributed by atoms with E-state index in [4.69, 9.17) is 10.2 Å². The van der Waals surface area contributed by atoms with Gasteiger partial charge in [0, 0.05) is 31.5 Å². The molecular weight excluding hydrogens is 350 g/mol. The number of nitrogens with zero attached hydrogens (tertiary/aromatic N) is 2. The largest absolute Gasteiger partial charge is 0.441 e. The third-order valence-electron chi connectivity index (χ3n) is 4.64. The van der Waals surface area contributed by atoms with Gasteiger partial charge < -0.3 is 15.1 Å². The molecular formula is C23H27N3O2. The smallest absolute Gasteiger partial charge is 0.223 e. The Hall–Kier alpha value is -2.92. The summed E-state index contributed by atoms with van der Waals surface area (Å²) in [5, 5.41) is 0. The summed E-state index contributed by atoms with van der Waals surface area (Å²) in [6.45, 7) is 3.87. The summed E-state index contributed by atoms with van der Waals surface area (Å²) < 4.78 is 5.84. The highest BCUT2D eigenvalue weighted by atomic mass is 16.4. The molecule has 0 radical (unpaired) electrons. The summed E-state index contributed by atoms with van der Waals surface area (Å²) in [7, 11) is 0. The van der Waals surface area contributed by atoms with Gasteiger partial charge >= 0.3 is 0 Å². The zero-order chi connectivity index (χ0) is 19.8. The summed E-state index contributed by atoms with van der Waals surface area (Å²) in [5.74, 6) is 1.40. The Balaban J connectivity index is 1.60. The Labute approximate surface area is 166 Å². The lowest BCUT2D eigenvalue weighted by Crippen LogP contribution is -2.32. The second kappa shape index (κ2) is 9.85. The van der Waals surface area contributed by atoms with E-state index in [1.165, 1.54) is 5.56 Å². The van der Waals surface area contributed by atoms with Crippen LogP contribution in [0.1, 0.15) is 29.9 Å². The van der Waals surface area contributed by atoms with Gasteiger partial charge in [0.1, 0.15) is 0 Å². The molecule has 2 aromatic carbocycles. The number of oxazole rings is 1. The van der Waals surface area contributed by atoms with Crippen LogP contribution in [0.25, 0.3) is 11.3 Å². The van der Waals surface area contributed by atoms with Crippen molar-refractivity contribution in [3.05, 3.63) is 77.8 Å². The van der Waals surface area contributed by atoms with Crippen LogP contribution in [-0.2, 0) is 17.8 Å². The van der Waals surface area contributed by atoms with Gasteiger partial charge in [-0.05, 0) is 25.5 Å². The molecule has 0 saturated carbocycles. The maximum atomic E-state index is 12.8. The standard InChI is InChI=1S/C23H27N3O2/c1-18-8-10-20(11-9-18)21-16-25-22(28-21)12-13-23(27)26(15-5-14-24)17-19-6-3-2-4-7-19/h2-4,6-11,16H,5,12-15,17,24H2,1H3. The summed E-state index contributed by atoms with van der Waals surface area (Å²) in [6.07, 6.45) is 3.36.